The third-order valence-corrected chi connectivity index (χ3v) is 5.13. The lowest BCUT2D eigenvalue weighted by Crippen LogP contribution is -2.25. The van der Waals surface area contributed by atoms with E-state index in [1.807, 2.05) is 30.5 Å². The second kappa shape index (κ2) is 7.45. The molecule has 5 nitrogen and oxygen atoms in total. The Hall–Kier alpha value is -2.79. The zero-order chi connectivity index (χ0) is 18.8. The van der Waals surface area contributed by atoms with E-state index < -0.39 is 0 Å². The Bertz CT molecular complexity index is 1010. The van der Waals surface area contributed by atoms with Crippen molar-refractivity contribution in [3.05, 3.63) is 59.2 Å². The lowest BCUT2D eigenvalue weighted by molar-refractivity contribution is -0.117. The van der Waals surface area contributed by atoms with E-state index in [0.717, 1.165) is 22.9 Å². The number of hydrogen-bond acceptors (Lipinski definition) is 2. The second-order valence-electron chi connectivity index (χ2n) is 6.72. The minimum atomic E-state index is -0.101. The standard InChI is InChI=1S/C21H20ClN3O2/c22-15-8-9-19(25-11-3-6-21(25)27)18(12-15)24-20(26)10-7-14-13-23-17-5-2-1-4-16(14)17/h1-2,4-5,8-9,12-13,23H,3,6-7,10-11H2,(H,24,26). The Morgan fingerprint density at radius 1 is 1.22 bits per heavy atom. The second-order valence-corrected chi connectivity index (χ2v) is 7.15. The van der Waals surface area contributed by atoms with Crippen LogP contribution >= 0.6 is 11.6 Å². The van der Waals surface area contributed by atoms with Gasteiger partial charge in [-0.2, -0.15) is 0 Å². The summed E-state index contributed by atoms with van der Waals surface area (Å²) in [5, 5.41) is 4.59. The molecule has 6 heteroatoms. The van der Waals surface area contributed by atoms with Crippen molar-refractivity contribution in [1.29, 1.82) is 0 Å². The first-order chi connectivity index (χ1) is 13.1. The number of halogens is 1. The van der Waals surface area contributed by atoms with Crippen LogP contribution in [0, 0.1) is 0 Å². The maximum Gasteiger partial charge on any atom is 0.227 e. The number of nitrogens with zero attached hydrogens (tertiary/aromatic N) is 1. The van der Waals surface area contributed by atoms with Crippen LogP contribution in [-0.4, -0.2) is 23.3 Å². The number of amides is 2. The SMILES string of the molecule is O=C(CCc1c[nH]c2ccccc12)Nc1cc(Cl)ccc1N1CCCC1=O. The van der Waals surface area contributed by atoms with Crippen LogP contribution in [0.4, 0.5) is 11.4 Å². The summed E-state index contributed by atoms with van der Waals surface area (Å²) in [6, 6.07) is 13.3. The number of carbonyl (C=O) groups is 2. The van der Waals surface area contributed by atoms with E-state index in [4.69, 9.17) is 11.6 Å². The highest BCUT2D eigenvalue weighted by Crippen LogP contribution is 2.32. The molecular weight excluding hydrogens is 362 g/mol. The van der Waals surface area contributed by atoms with Crippen molar-refractivity contribution in [1.82, 2.24) is 4.98 Å². The number of H-pyrrole nitrogens is 1. The lowest BCUT2D eigenvalue weighted by Gasteiger charge is -2.20. The maximum atomic E-state index is 12.5. The van der Waals surface area contributed by atoms with Gasteiger partial charge >= 0.3 is 0 Å². The quantitative estimate of drug-likeness (QED) is 0.682. The van der Waals surface area contributed by atoms with Crippen LogP contribution in [0.1, 0.15) is 24.8 Å². The number of carbonyl (C=O) groups excluding carboxylic acids is 2. The summed E-state index contributed by atoms with van der Waals surface area (Å²) < 4.78 is 0. The van der Waals surface area contributed by atoms with Crippen LogP contribution in [0.2, 0.25) is 5.02 Å². The van der Waals surface area contributed by atoms with Crippen molar-refractivity contribution >= 4 is 45.7 Å². The molecule has 1 saturated heterocycles. The molecule has 0 saturated carbocycles. The number of hydrogen-bond donors (Lipinski definition) is 2. The van der Waals surface area contributed by atoms with E-state index in [9.17, 15) is 9.59 Å². The lowest BCUT2D eigenvalue weighted by atomic mass is 10.1. The first kappa shape index (κ1) is 17.6. The van der Waals surface area contributed by atoms with Crippen LogP contribution in [0.3, 0.4) is 0 Å². The maximum absolute atomic E-state index is 12.5. The third-order valence-electron chi connectivity index (χ3n) is 4.89. The molecule has 0 atom stereocenters. The molecule has 138 valence electrons. The van der Waals surface area contributed by atoms with Gasteiger partial charge in [-0.15, -0.1) is 0 Å². The summed E-state index contributed by atoms with van der Waals surface area (Å²) in [6.45, 7) is 0.665. The van der Waals surface area contributed by atoms with E-state index in [0.29, 0.717) is 42.2 Å². The fourth-order valence-corrected chi connectivity index (χ4v) is 3.72. The number of aromatic amines is 1. The van der Waals surface area contributed by atoms with Gasteiger partial charge in [-0.25, -0.2) is 0 Å². The highest BCUT2D eigenvalue weighted by molar-refractivity contribution is 6.31. The van der Waals surface area contributed by atoms with Crippen molar-refractivity contribution in [2.75, 3.05) is 16.8 Å². The van der Waals surface area contributed by atoms with Crippen molar-refractivity contribution < 1.29 is 9.59 Å². The number of rotatable bonds is 5. The minimum absolute atomic E-state index is 0.0756. The van der Waals surface area contributed by atoms with Gasteiger partial charge in [0, 0.05) is 41.5 Å². The molecule has 1 fully saturated rings. The molecule has 4 rings (SSSR count). The van der Waals surface area contributed by atoms with E-state index in [1.165, 1.54) is 0 Å². The number of aryl methyl sites for hydroxylation is 1. The highest BCUT2D eigenvalue weighted by Gasteiger charge is 2.24. The molecule has 2 heterocycles. The fraction of sp³-hybridized carbons (Fsp3) is 0.238. The van der Waals surface area contributed by atoms with Gasteiger partial charge in [0.15, 0.2) is 0 Å². The molecule has 0 radical (unpaired) electrons. The van der Waals surface area contributed by atoms with E-state index >= 15 is 0 Å². The summed E-state index contributed by atoms with van der Waals surface area (Å²) in [6.07, 6.45) is 4.30. The van der Waals surface area contributed by atoms with Crippen LogP contribution in [-0.2, 0) is 16.0 Å². The summed E-state index contributed by atoms with van der Waals surface area (Å²) >= 11 is 6.11. The molecule has 2 aromatic carbocycles. The predicted molar refractivity (Wildman–Crippen MR) is 108 cm³/mol. The zero-order valence-corrected chi connectivity index (χ0v) is 15.6. The topological polar surface area (TPSA) is 65.2 Å². The van der Waals surface area contributed by atoms with E-state index in [1.54, 1.807) is 23.1 Å². The summed E-state index contributed by atoms with van der Waals surface area (Å²) in [5.41, 5.74) is 3.48. The smallest absolute Gasteiger partial charge is 0.227 e. The van der Waals surface area contributed by atoms with Gasteiger partial charge < -0.3 is 15.2 Å². The number of nitrogens with one attached hydrogen (secondary N) is 2. The predicted octanol–water partition coefficient (Wildman–Crippen LogP) is 4.52. The van der Waals surface area contributed by atoms with Crippen LogP contribution in [0.5, 0.6) is 0 Å². The molecule has 1 aliphatic rings. The minimum Gasteiger partial charge on any atom is -0.361 e. The Morgan fingerprint density at radius 2 is 2.07 bits per heavy atom. The number of benzene rings is 2. The molecule has 3 aromatic rings. The monoisotopic (exact) mass is 381 g/mol. The van der Waals surface area contributed by atoms with Gasteiger partial charge in [0.1, 0.15) is 0 Å². The molecular formula is C21H20ClN3O2. The molecule has 0 bridgehead atoms. The van der Waals surface area contributed by atoms with Gasteiger partial charge in [-0.3, -0.25) is 9.59 Å². The van der Waals surface area contributed by atoms with E-state index in [2.05, 4.69) is 10.3 Å². The largest absolute Gasteiger partial charge is 0.361 e. The number of anilines is 2. The molecule has 0 spiro atoms. The number of fused-ring (bicyclic) bond motifs is 1. The van der Waals surface area contributed by atoms with Gasteiger partial charge in [0.2, 0.25) is 11.8 Å². The van der Waals surface area contributed by atoms with Crippen molar-refractivity contribution in [3.63, 3.8) is 0 Å². The van der Waals surface area contributed by atoms with Gasteiger partial charge in [0.05, 0.1) is 11.4 Å². The highest BCUT2D eigenvalue weighted by atomic mass is 35.5. The van der Waals surface area contributed by atoms with Crippen molar-refractivity contribution in [2.24, 2.45) is 0 Å². The number of para-hydroxylation sites is 1. The Balaban J connectivity index is 1.48. The summed E-state index contributed by atoms with van der Waals surface area (Å²) in [5.74, 6) is -0.0259. The van der Waals surface area contributed by atoms with Crippen LogP contribution < -0.4 is 10.2 Å². The number of aromatic nitrogens is 1. The molecule has 2 N–H and O–H groups in total. The first-order valence-corrected chi connectivity index (χ1v) is 9.44. The summed E-state index contributed by atoms with van der Waals surface area (Å²) in [4.78, 5) is 29.6. The molecule has 27 heavy (non-hydrogen) atoms. The Morgan fingerprint density at radius 3 is 2.89 bits per heavy atom. The van der Waals surface area contributed by atoms with Gasteiger partial charge in [-0.1, -0.05) is 29.8 Å². The Labute approximate surface area is 162 Å². The molecule has 2 amide bonds. The average molecular weight is 382 g/mol. The zero-order valence-electron chi connectivity index (χ0n) is 14.8. The van der Waals surface area contributed by atoms with Crippen LogP contribution in [0.25, 0.3) is 10.9 Å². The molecule has 0 unspecified atom stereocenters. The van der Waals surface area contributed by atoms with E-state index in [-0.39, 0.29) is 11.8 Å². The first-order valence-electron chi connectivity index (χ1n) is 9.06. The fourth-order valence-electron chi connectivity index (χ4n) is 3.55. The van der Waals surface area contributed by atoms with Gasteiger partial charge in [-0.05, 0) is 42.7 Å². The molecule has 0 aliphatic carbocycles. The van der Waals surface area contributed by atoms with Crippen molar-refractivity contribution in [3.8, 4) is 0 Å². The normalized spacial score (nSPS) is 14.1. The molecule has 1 aromatic heterocycles. The Kier molecular flexibility index (Phi) is 4.86. The molecule has 1 aliphatic heterocycles. The van der Waals surface area contributed by atoms with Gasteiger partial charge in [0.25, 0.3) is 0 Å². The van der Waals surface area contributed by atoms with Crippen LogP contribution in [0.15, 0.2) is 48.7 Å². The van der Waals surface area contributed by atoms with Crippen molar-refractivity contribution in [2.45, 2.75) is 25.7 Å². The summed E-state index contributed by atoms with van der Waals surface area (Å²) in [7, 11) is 0. The third kappa shape index (κ3) is 3.69. The average Bonchev–Trinajstić information content (AvgIpc) is 3.26.